The van der Waals surface area contributed by atoms with Gasteiger partial charge in [-0.15, -0.1) is 0 Å². The molecule has 5 heteroatoms. The quantitative estimate of drug-likeness (QED) is 0.785. The summed E-state index contributed by atoms with van der Waals surface area (Å²) < 4.78 is 27.3. The summed E-state index contributed by atoms with van der Waals surface area (Å²) in [5, 5.41) is 0. The highest BCUT2D eigenvalue weighted by atomic mass is 32.2. The zero-order valence-electron chi connectivity index (χ0n) is 14.9. The summed E-state index contributed by atoms with van der Waals surface area (Å²) in [6, 6.07) is 7.47. The lowest BCUT2D eigenvalue weighted by molar-refractivity contribution is 0.153. The van der Waals surface area contributed by atoms with Crippen molar-refractivity contribution in [1.82, 2.24) is 9.21 Å². The van der Waals surface area contributed by atoms with E-state index in [4.69, 9.17) is 0 Å². The van der Waals surface area contributed by atoms with Crippen molar-refractivity contribution in [3.63, 3.8) is 0 Å². The van der Waals surface area contributed by atoms with E-state index < -0.39 is 10.0 Å². The van der Waals surface area contributed by atoms with Gasteiger partial charge in [-0.25, -0.2) is 8.42 Å². The fourth-order valence-electron chi connectivity index (χ4n) is 3.68. The molecule has 1 fully saturated rings. The van der Waals surface area contributed by atoms with Gasteiger partial charge in [0.25, 0.3) is 0 Å². The number of sulfonamides is 1. The molecule has 1 aromatic rings. The minimum Gasteiger partial charge on any atom is -0.297 e. The molecule has 0 bridgehead atoms. The maximum Gasteiger partial charge on any atom is 0.243 e. The Morgan fingerprint density at radius 3 is 2.54 bits per heavy atom. The molecule has 2 aliphatic rings. The Morgan fingerprint density at radius 2 is 1.88 bits per heavy atom. The number of hydrogen-bond acceptors (Lipinski definition) is 3. The van der Waals surface area contributed by atoms with Crippen LogP contribution in [0.1, 0.15) is 31.7 Å². The predicted molar refractivity (Wildman–Crippen MR) is 97.4 cm³/mol. The van der Waals surface area contributed by atoms with Crippen molar-refractivity contribution in [3.8, 4) is 0 Å². The Hall–Kier alpha value is -1.17. The van der Waals surface area contributed by atoms with Crippen LogP contribution in [-0.4, -0.2) is 49.8 Å². The molecule has 1 unspecified atom stereocenters. The molecule has 0 radical (unpaired) electrons. The second kappa shape index (κ2) is 6.98. The van der Waals surface area contributed by atoms with Crippen molar-refractivity contribution in [1.29, 1.82) is 0 Å². The molecule has 0 N–H and O–H groups in total. The van der Waals surface area contributed by atoms with E-state index in [1.807, 2.05) is 13.0 Å². The van der Waals surface area contributed by atoms with E-state index in [0.29, 0.717) is 10.9 Å². The second-order valence-corrected chi connectivity index (χ2v) is 9.31. The lowest BCUT2D eigenvalue weighted by Crippen LogP contribution is -2.42. The van der Waals surface area contributed by atoms with E-state index >= 15 is 0 Å². The van der Waals surface area contributed by atoms with Crippen LogP contribution in [0.15, 0.2) is 41.3 Å². The van der Waals surface area contributed by atoms with Crippen molar-refractivity contribution in [3.05, 3.63) is 42.0 Å². The first-order chi connectivity index (χ1) is 11.4. The van der Waals surface area contributed by atoms with Gasteiger partial charge < -0.3 is 0 Å². The largest absolute Gasteiger partial charge is 0.297 e. The van der Waals surface area contributed by atoms with E-state index in [9.17, 15) is 8.42 Å². The van der Waals surface area contributed by atoms with Crippen LogP contribution in [0.2, 0.25) is 0 Å². The summed E-state index contributed by atoms with van der Waals surface area (Å²) in [5.41, 5.74) is 0.965. The number of hydrogen-bond donors (Lipinski definition) is 0. The highest BCUT2D eigenvalue weighted by Crippen LogP contribution is 2.28. The zero-order valence-corrected chi connectivity index (χ0v) is 15.7. The number of likely N-dealkylation sites (N-methyl/N-ethyl adjacent to an activating group) is 1. The maximum atomic E-state index is 12.9. The third-order valence-electron chi connectivity index (χ3n) is 5.46. The van der Waals surface area contributed by atoms with Crippen molar-refractivity contribution in [2.45, 2.75) is 50.1 Å². The lowest BCUT2D eigenvalue weighted by Gasteiger charge is -2.35. The summed E-state index contributed by atoms with van der Waals surface area (Å²) in [4.78, 5) is 2.89. The summed E-state index contributed by atoms with van der Waals surface area (Å²) in [6.45, 7) is 6.48. The Labute approximate surface area is 146 Å². The van der Waals surface area contributed by atoms with E-state index in [-0.39, 0.29) is 6.04 Å². The summed E-state index contributed by atoms with van der Waals surface area (Å²) in [7, 11) is -1.74. The molecular weight excluding hydrogens is 320 g/mol. The number of aryl methyl sites for hydroxylation is 1. The highest BCUT2D eigenvalue weighted by Gasteiger charge is 2.33. The molecule has 2 atom stereocenters. The Kier molecular flexibility index (Phi) is 5.13. The Bertz CT molecular complexity index is 706. The van der Waals surface area contributed by atoms with E-state index in [1.165, 1.54) is 17.1 Å². The van der Waals surface area contributed by atoms with Gasteiger partial charge in [0.05, 0.1) is 4.90 Å². The van der Waals surface area contributed by atoms with E-state index in [0.717, 1.165) is 31.0 Å². The van der Waals surface area contributed by atoms with Crippen LogP contribution < -0.4 is 0 Å². The zero-order chi connectivity index (χ0) is 17.3. The van der Waals surface area contributed by atoms with Gasteiger partial charge in [0.1, 0.15) is 0 Å². The molecule has 0 aromatic heterocycles. The highest BCUT2D eigenvalue weighted by molar-refractivity contribution is 7.89. The number of likely N-dealkylation sites (tertiary alicyclic amines) is 1. The first-order valence-corrected chi connectivity index (χ1v) is 10.3. The molecule has 1 aromatic carbocycles. The van der Waals surface area contributed by atoms with Gasteiger partial charge >= 0.3 is 0 Å². The average Bonchev–Trinajstić information content (AvgIpc) is 3.04. The van der Waals surface area contributed by atoms with Crippen LogP contribution in [0.5, 0.6) is 0 Å². The molecule has 3 rings (SSSR count). The summed E-state index contributed by atoms with van der Waals surface area (Å²) in [5.74, 6) is 0.812. The van der Waals surface area contributed by atoms with Gasteiger partial charge in [-0.05, 0) is 62.9 Å². The van der Waals surface area contributed by atoms with Crippen LogP contribution in [-0.2, 0) is 10.0 Å². The monoisotopic (exact) mass is 348 g/mol. The normalized spacial score (nSPS) is 26.3. The standard InChI is InChI=1S/C19H28N2O2S/c1-15-9-11-21(12-10-15)18-8-7-17(14-18)20(3)24(22,23)19-6-4-5-16(2)13-19/h4-8,13,15,17-18H,9-12,14H2,1-3H3/t17-,18?/m1/s1. The van der Waals surface area contributed by atoms with Crippen molar-refractivity contribution in [2.75, 3.05) is 20.1 Å². The van der Waals surface area contributed by atoms with Gasteiger partial charge in [0.2, 0.25) is 10.0 Å². The van der Waals surface area contributed by atoms with Crippen LogP contribution >= 0.6 is 0 Å². The molecule has 132 valence electrons. The molecule has 0 amide bonds. The molecule has 0 saturated carbocycles. The van der Waals surface area contributed by atoms with E-state index in [2.05, 4.69) is 24.0 Å². The molecule has 1 heterocycles. The van der Waals surface area contributed by atoms with Gasteiger partial charge in [-0.2, -0.15) is 4.31 Å². The molecule has 4 nitrogen and oxygen atoms in total. The lowest BCUT2D eigenvalue weighted by atomic mass is 9.97. The topological polar surface area (TPSA) is 40.6 Å². The average molecular weight is 349 g/mol. The smallest absolute Gasteiger partial charge is 0.243 e. The van der Waals surface area contributed by atoms with Gasteiger partial charge in [-0.1, -0.05) is 31.2 Å². The van der Waals surface area contributed by atoms with Crippen LogP contribution in [0.25, 0.3) is 0 Å². The van der Waals surface area contributed by atoms with Crippen molar-refractivity contribution in [2.24, 2.45) is 5.92 Å². The van der Waals surface area contributed by atoms with Crippen LogP contribution in [0.3, 0.4) is 0 Å². The molecule has 1 saturated heterocycles. The Morgan fingerprint density at radius 1 is 1.17 bits per heavy atom. The minimum absolute atomic E-state index is 0.0557. The molecular formula is C19H28N2O2S. The van der Waals surface area contributed by atoms with Gasteiger partial charge in [0.15, 0.2) is 0 Å². The van der Waals surface area contributed by atoms with Gasteiger partial charge in [-0.3, -0.25) is 4.90 Å². The third kappa shape index (κ3) is 3.58. The maximum absolute atomic E-state index is 12.9. The molecule has 24 heavy (non-hydrogen) atoms. The fourth-order valence-corrected chi connectivity index (χ4v) is 5.11. The summed E-state index contributed by atoms with van der Waals surface area (Å²) in [6.07, 6.45) is 7.60. The minimum atomic E-state index is -3.44. The molecule has 1 aliphatic carbocycles. The second-order valence-electron chi connectivity index (χ2n) is 7.31. The fraction of sp³-hybridized carbons (Fsp3) is 0.579. The Balaban J connectivity index is 1.68. The third-order valence-corrected chi connectivity index (χ3v) is 7.34. The number of nitrogens with zero attached hydrogens (tertiary/aromatic N) is 2. The number of piperidine rings is 1. The van der Waals surface area contributed by atoms with Crippen molar-refractivity contribution < 1.29 is 8.42 Å². The molecule has 1 aliphatic heterocycles. The first-order valence-electron chi connectivity index (χ1n) is 8.85. The van der Waals surface area contributed by atoms with E-state index in [1.54, 1.807) is 25.2 Å². The number of benzene rings is 1. The predicted octanol–water partition coefficient (Wildman–Crippen LogP) is 3.04. The SMILES string of the molecule is Cc1cccc(S(=O)(=O)N(C)[C@@H]2C=CC(N3CCC(C)CC3)C2)c1. The van der Waals surface area contributed by atoms with Crippen molar-refractivity contribution >= 4 is 10.0 Å². The molecule has 0 spiro atoms. The number of rotatable bonds is 4. The van der Waals surface area contributed by atoms with Crippen LogP contribution in [0, 0.1) is 12.8 Å². The first kappa shape index (κ1) is 17.6. The summed E-state index contributed by atoms with van der Waals surface area (Å²) >= 11 is 0. The van der Waals surface area contributed by atoms with Crippen LogP contribution in [0.4, 0.5) is 0 Å². The van der Waals surface area contributed by atoms with Gasteiger partial charge in [0, 0.05) is 19.1 Å².